The number of piperidine rings is 1. The predicted molar refractivity (Wildman–Crippen MR) is 115 cm³/mol. The largest absolute Gasteiger partial charge is 0.497 e. The van der Waals surface area contributed by atoms with E-state index in [9.17, 15) is 5.11 Å². The summed E-state index contributed by atoms with van der Waals surface area (Å²) in [4.78, 5) is 7.48. The summed E-state index contributed by atoms with van der Waals surface area (Å²) >= 11 is 0. The molecule has 1 atom stereocenters. The summed E-state index contributed by atoms with van der Waals surface area (Å²) in [6.45, 7) is 8.92. The molecule has 0 aromatic heterocycles. The van der Waals surface area contributed by atoms with E-state index in [0.29, 0.717) is 13.2 Å². The summed E-state index contributed by atoms with van der Waals surface area (Å²) in [6, 6.07) is 6.79. The molecule has 0 radical (unpaired) electrons. The molecule has 6 heteroatoms. The molecule has 0 amide bonds. The van der Waals surface area contributed by atoms with Crippen molar-refractivity contribution in [3.63, 3.8) is 0 Å². The van der Waals surface area contributed by atoms with Crippen LogP contribution >= 0.6 is 0 Å². The topological polar surface area (TPSA) is 48.4 Å². The highest BCUT2D eigenvalue weighted by atomic mass is 16.5. The van der Waals surface area contributed by atoms with Gasteiger partial charge in [-0.2, -0.15) is 0 Å². The van der Waals surface area contributed by atoms with E-state index in [0.717, 1.165) is 50.3 Å². The molecule has 162 valence electrons. The molecule has 0 aliphatic carbocycles. The molecular formula is C23H37N3O3. The fourth-order valence-electron chi connectivity index (χ4n) is 4.86. The Labute approximate surface area is 175 Å². The third kappa shape index (κ3) is 5.63. The number of rotatable bonds is 9. The molecule has 0 unspecified atom stereocenters. The first-order chi connectivity index (χ1) is 14.2. The summed E-state index contributed by atoms with van der Waals surface area (Å²) in [5.41, 5.74) is 1.18. The molecule has 3 aliphatic heterocycles. The molecule has 3 saturated heterocycles. The van der Waals surface area contributed by atoms with E-state index in [2.05, 4.69) is 20.8 Å². The van der Waals surface area contributed by atoms with Gasteiger partial charge < -0.3 is 19.5 Å². The van der Waals surface area contributed by atoms with Crippen LogP contribution in [0.15, 0.2) is 18.2 Å². The maximum Gasteiger partial charge on any atom is 0.127 e. The van der Waals surface area contributed by atoms with Gasteiger partial charge in [-0.25, -0.2) is 0 Å². The summed E-state index contributed by atoms with van der Waals surface area (Å²) in [5, 5.41) is 10.4. The molecule has 0 spiro atoms. The van der Waals surface area contributed by atoms with Crippen molar-refractivity contribution in [1.29, 1.82) is 0 Å². The van der Waals surface area contributed by atoms with Crippen LogP contribution in [-0.4, -0.2) is 91.5 Å². The second kappa shape index (κ2) is 10.1. The van der Waals surface area contributed by atoms with Gasteiger partial charge in [0.15, 0.2) is 0 Å². The molecule has 0 bridgehead atoms. The van der Waals surface area contributed by atoms with Crippen LogP contribution in [0.1, 0.15) is 37.7 Å². The highest BCUT2D eigenvalue weighted by Crippen LogP contribution is 2.29. The van der Waals surface area contributed by atoms with E-state index in [1.54, 1.807) is 7.11 Å². The normalized spacial score (nSPS) is 23.1. The van der Waals surface area contributed by atoms with E-state index in [-0.39, 0.29) is 0 Å². The summed E-state index contributed by atoms with van der Waals surface area (Å²) in [5.74, 6) is 1.64. The van der Waals surface area contributed by atoms with Gasteiger partial charge in [0.05, 0.1) is 7.11 Å². The standard InChI is InChI=1S/C23H37N3O3/c1-28-22-8-7-19(14-25-15-20(16-25)26-11-3-2-4-12-26)23(13-22)29-18-21(27)17-24-9-5-6-10-24/h7-8,13,20-21,27H,2-6,9-12,14-18H2,1H3/t21-/m1/s1. The minimum Gasteiger partial charge on any atom is -0.497 e. The van der Waals surface area contributed by atoms with E-state index in [4.69, 9.17) is 9.47 Å². The molecule has 0 saturated carbocycles. The van der Waals surface area contributed by atoms with Gasteiger partial charge in [-0.15, -0.1) is 0 Å². The van der Waals surface area contributed by atoms with Gasteiger partial charge in [-0.1, -0.05) is 12.5 Å². The number of hydrogen-bond acceptors (Lipinski definition) is 6. The second-order valence-corrected chi connectivity index (χ2v) is 8.89. The Morgan fingerprint density at radius 3 is 2.45 bits per heavy atom. The second-order valence-electron chi connectivity index (χ2n) is 8.89. The van der Waals surface area contributed by atoms with Crippen LogP contribution in [0, 0.1) is 0 Å². The fraction of sp³-hybridized carbons (Fsp3) is 0.739. The van der Waals surface area contributed by atoms with E-state index in [1.807, 2.05) is 12.1 Å². The van der Waals surface area contributed by atoms with E-state index in [1.165, 1.54) is 50.8 Å². The lowest BCUT2D eigenvalue weighted by molar-refractivity contribution is 0.0177. The molecule has 3 aliphatic rings. The lowest BCUT2D eigenvalue weighted by Crippen LogP contribution is -2.59. The zero-order chi connectivity index (χ0) is 20.1. The maximum atomic E-state index is 10.4. The van der Waals surface area contributed by atoms with Crippen molar-refractivity contribution in [1.82, 2.24) is 14.7 Å². The van der Waals surface area contributed by atoms with Crippen molar-refractivity contribution in [2.75, 3.05) is 59.5 Å². The first kappa shape index (κ1) is 20.9. The van der Waals surface area contributed by atoms with Crippen LogP contribution in [0.4, 0.5) is 0 Å². The number of aliphatic hydroxyl groups excluding tert-OH is 1. The van der Waals surface area contributed by atoms with Gasteiger partial charge in [-0.3, -0.25) is 9.80 Å². The molecule has 1 aromatic rings. The number of likely N-dealkylation sites (tertiary alicyclic amines) is 3. The Morgan fingerprint density at radius 1 is 1.00 bits per heavy atom. The van der Waals surface area contributed by atoms with Crippen LogP contribution in [0.5, 0.6) is 11.5 Å². The van der Waals surface area contributed by atoms with Gasteiger partial charge >= 0.3 is 0 Å². The molecule has 1 aromatic carbocycles. The number of benzene rings is 1. The lowest BCUT2D eigenvalue weighted by atomic mass is 10.0. The minimum atomic E-state index is -0.459. The van der Waals surface area contributed by atoms with Gasteiger partial charge in [-0.05, 0) is 57.9 Å². The van der Waals surface area contributed by atoms with Crippen LogP contribution in [0.3, 0.4) is 0 Å². The first-order valence-corrected chi connectivity index (χ1v) is 11.4. The Hall–Kier alpha value is -1.34. The van der Waals surface area contributed by atoms with Crippen molar-refractivity contribution >= 4 is 0 Å². The van der Waals surface area contributed by atoms with Crippen molar-refractivity contribution in [2.24, 2.45) is 0 Å². The van der Waals surface area contributed by atoms with Crippen molar-refractivity contribution in [3.8, 4) is 11.5 Å². The van der Waals surface area contributed by atoms with Crippen molar-refractivity contribution < 1.29 is 14.6 Å². The summed E-state index contributed by atoms with van der Waals surface area (Å²) in [7, 11) is 1.68. The van der Waals surface area contributed by atoms with Crippen LogP contribution in [0.25, 0.3) is 0 Å². The van der Waals surface area contributed by atoms with Crippen LogP contribution in [0.2, 0.25) is 0 Å². The predicted octanol–water partition coefficient (Wildman–Crippen LogP) is 2.20. The lowest BCUT2D eigenvalue weighted by Gasteiger charge is -2.47. The number of β-amino-alcohol motifs (C(OH)–C–C–N with tert-alkyl or cyclic N) is 1. The Bertz CT molecular complexity index is 638. The zero-order valence-electron chi connectivity index (χ0n) is 17.9. The fourth-order valence-corrected chi connectivity index (χ4v) is 4.86. The average Bonchev–Trinajstić information content (AvgIpc) is 3.23. The summed E-state index contributed by atoms with van der Waals surface area (Å²) in [6.07, 6.45) is 6.12. The Morgan fingerprint density at radius 2 is 1.72 bits per heavy atom. The quantitative estimate of drug-likeness (QED) is 0.682. The van der Waals surface area contributed by atoms with Gasteiger partial charge in [0, 0.05) is 43.9 Å². The SMILES string of the molecule is COc1ccc(CN2CC(N3CCCCC3)C2)c(OC[C@H](O)CN2CCCC2)c1. The number of methoxy groups -OCH3 is 1. The molecule has 4 rings (SSSR count). The third-order valence-electron chi connectivity index (χ3n) is 6.61. The monoisotopic (exact) mass is 403 g/mol. The van der Waals surface area contributed by atoms with Gasteiger partial charge in [0.1, 0.15) is 24.2 Å². The van der Waals surface area contributed by atoms with Crippen molar-refractivity contribution in [3.05, 3.63) is 23.8 Å². The van der Waals surface area contributed by atoms with E-state index < -0.39 is 6.10 Å². The zero-order valence-corrected chi connectivity index (χ0v) is 17.9. The molecule has 1 N–H and O–H groups in total. The molecule has 29 heavy (non-hydrogen) atoms. The van der Waals surface area contributed by atoms with Gasteiger partial charge in [0.2, 0.25) is 0 Å². The minimum absolute atomic E-state index is 0.326. The van der Waals surface area contributed by atoms with Gasteiger partial charge in [0.25, 0.3) is 0 Å². The highest BCUT2D eigenvalue weighted by molar-refractivity contribution is 5.41. The Balaban J connectivity index is 1.29. The maximum absolute atomic E-state index is 10.4. The number of hydrogen-bond donors (Lipinski definition) is 1. The number of aliphatic hydroxyl groups is 1. The van der Waals surface area contributed by atoms with E-state index >= 15 is 0 Å². The molecule has 3 heterocycles. The third-order valence-corrected chi connectivity index (χ3v) is 6.61. The number of ether oxygens (including phenoxy) is 2. The molecular weight excluding hydrogens is 366 g/mol. The van der Waals surface area contributed by atoms with Crippen LogP contribution < -0.4 is 9.47 Å². The number of nitrogens with zero attached hydrogens (tertiary/aromatic N) is 3. The average molecular weight is 404 g/mol. The first-order valence-electron chi connectivity index (χ1n) is 11.4. The molecule has 3 fully saturated rings. The summed E-state index contributed by atoms with van der Waals surface area (Å²) < 4.78 is 11.5. The van der Waals surface area contributed by atoms with Crippen molar-refractivity contribution in [2.45, 2.75) is 50.8 Å². The highest BCUT2D eigenvalue weighted by Gasteiger charge is 2.32. The molecule has 6 nitrogen and oxygen atoms in total. The smallest absolute Gasteiger partial charge is 0.127 e. The Kier molecular flexibility index (Phi) is 7.29. The van der Waals surface area contributed by atoms with Crippen LogP contribution in [-0.2, 0) is 6.54 Å².